The molecule has 0 bridgehead atoms. The number of benzene rings is 2. The number of nitrogens with zero attached hydrogens (tertiary/aromatic N) is 1. The molecule has 2 aromatic carbocycles. The first-order valence-corrected chi connectivity index (χ1v) is 10.5. The van der Waals surface area contributed by atoms with Crippen LogP contribution in [0.4, 0.5) is 0 Å². The maximum Gasteiger partial charge on any atom is 0.329 e. The van der Waals surface area contributed by atoms with Gasteiger partial charge in [0, 0.05) is 6.54 Å². The second kappa shape index (κ2) is 10.3. The Labute approximate surface area is 165 Å². The predicted octanol–water partition coefficient (Wildman–Crippen LogP) is 3.20. The van der Waals surface area contributed by atoms with Crippen molar-refractivity contribution in [1.29, 1.82) is 0 Å². The average Bonchev–Trinajstić information content (AvgIpc) is 2.66. The van der Waals surface area contributed by atoms with Crippen LogP contribution < -0.4 is 5.73 Å². The van der Waals surface area contributed by atoms with Gasteiger partial charge in [0.05, 0.1) is 12.6 Å². The molecule has 2 rings (SSSR count). The minimum atomic E-state index is -0.644. The Kier molecular flexibility index (Phi) is 8.13. The van der Waals surface area contributed by atoms with Gasteiger partial charge >= 0.3 is 5.97 Å². The number of hydrogen-bond donors (Lipinski definition) is 1. The summed E-state index contributed by atoms with van der Waals surface area (Å²) in [4.78, 5) is 26.9. The van der Waals surface area contributed by atoms with Gasteiger partial charge < -0.3 is 15.4 Å². The van der Waals surface area contributed by atoms with Crippen LogP contribution in [0.3, 0.4) is 0 Å². The van der Waals surface area contributed by atoms with E-state index in [0.717, 1.165) is 22.1 Å². The Hall–Kier alpha value is -2.05. The zero-order valence-electron chi connectivity index (χ0n) is 16.2. The first kappa shape index (κ1) is 21.3. The molecule has 0 aromatic heterocycles. The number of ether oxygens (including phenoxy) is 1. The zero-order valence-corrected chi connectivity index (χ0v) is 17.0. The number of thioether (sulfide) groups is 1. The summed E-state index contributed by atoms with van der Waals surface area (Å²) in [5, 5.41) is 2.16. The van der Waals surface area contributed by atoms with Gasteiger partial charge in [-0.05, 0) is 48.6 Å². The number of carbonyl (C=O) groups is 2. The minimum absolute atomic E-state index is 0.143. The van der Waals surface area contributed by atoms with E-state index >= 15 is 0 Å². The first-order chi connectivity index (χ1) is 13.0. The molecule has 27 heavy (non-hydrogen) atoms. The van der Waals surface area contributed by atoms with E-state index in [0.29, 0.717) is 13.0 Å². The van der Waals surface area contributed by atoms with E-state index in [-0.39, 0.29) is 24.5 Å². The molecule has 6 heteroatoms. The lowest BCUT2D eigenvalue weighted by Crippen LogP contribution is -2.48. The van der Waals surface area contributed by atoms with Crippen molar-refractivity contribution < 1.29 is 14.3 Å². The Morgan fingerprint density at radius 2 is 1.85 bits per heavy atom. The topological polar surface area (TPSA) is 72.6 Å². The molecule has 0 aliphatic heterocycles. The molecule has 1 atom stereocenters. The van der Waals surface area contributed by atoms with E-state index in [2.05, 4.69) is 0 Å². The van der Waals surface area contributed by atoms with Gasteiger partial charge in [0.2, 0.25) is 5.91 Å². The molecule has 1 amide bonds. The summed E-state index contributed by atoms with van der Waals surface area (Å²) in [6.45, 7) is 3.80. The molecule has 0 aliphatic carbocycles. The van der Waals surface area contributed by atoms with Gasteiger partial charge in [0.25, 0.3) is 0 Å². The summed E-state index contributed by atoms with van der Waals surface area (Å²) < 4.78 is 5.43. The monoisotopic (exact) mass is 388 g/mol. The first-order valence-electron chi connectivity index (χ1n) is 9.13. The van der Waals surface area contributed by atoms with Crippen molar-refractivity contribution in [2.45, 2.75) is 39.0 Å². The summed E-state index contributed by atoms with van der Waals surface area (Å²) in [6, 6.07) is 13.4. The van der Waals surface area contributed by atoms with Gasteiger partial charge in [-0.25, -0.2) is 4.79 Å². The third-order valence-electron chi connectivity index (χ3n) is 4.31. The van der Waals surface area contributed by atoms with Gasteiger partial charge in [0.15, 0.2) is 0 Å². The molecule has 2 aromatic rings. The molecule has 0 heterocycles. The standard InChI is InChI=1S/C21H28N2O3S/c1-15(2)26-21(25)19(11-12-27-3)23(20(24)13-22)14-17-9-6-8-16-7-4-5-10-18(16)17/h4-10,15,19H,11-14,22H2,1-3H3/t19-/m0/s1. The number of fused-ring (bicyclic) bond motifs is 1. The molecule has 0 aliphatic rings. The van der Waals surface area contributed by atoms with Gasteiger partial charge in [-0.15, -0.1) is 0 Å². The lowest BCUT2D eigenvalue weighted by Gasteiger charge is -2.31. The van der Waals surface area contributed by atoms with E-state index in [1.54, 1.807) is 16.7 Å². The van der Waals surface area contributed by atoms with Crippen LogP contribution in [0.25, 0.3) is 10.8 Å². The van der Waals surface area contributed by atoms with Crippen molar-refractivity contribution in [3.8, 4) is 0 Å². The molecule has 0 fully saturated rings. The highest BCUT2D eigenvalue weighted by molar-refractivity contribution is 7.98. The molecule has 0 saturated carbocycles. The van der Waals surface area contributed by atoms with Crippen LogP contribution in [0.1, 0.15) is 25.8 Å². The van der Waals surface area contributed by atoms with Crippen LogP contribution >= 0.6 is 11.8 Å². The minimum Gasteiger partial charge on any atom is -0.461 e. The van der Waals surface area contributed by atoms with Gasteiger partial charge in [-0.3, -0.25) is 4.79 Å². The molecule has 0 saturated heterocycles. The van der Waals surface area contributed by atoms with Crippen molar-refractivity contribution in [2.75, 3.05) is 18.6 Å². The van der Waals surface area contributed by atoms with E-state index in [9.17, 15) is 9.59 Å². The molecule has 5 nitrogen and oxygen atoms in total. The highest BCUT2D eigenvalue weighted by Gasteiger charge is 2.31. The van der Waals surface area contributed by atoms with Crippen LogP contribution in [0.2, 0.25) is 0 Å². The smallest absolute Gasteiger partial charge is 0.329 e. The molecule has 146 valence electrons. The van der Waals surface area contributed by atoms with Crippen molar-refractivity contribution in [2.24, 2.45) is 5.73 Å². The largest absolute Gasteiger partial charge is 0.461 e. The van der Waals surface area contributed by atoms with E-state index in [1.807, 2.05) is 62.6 Å². The average molecular weight is 389 g/mol. The highest BCUT2D eigenvalue weighted by Crippen LogP contribution is 2.22. The Morgan fingerprint density at radius 1 is 1.15 bits per heavy atom. The van der Waals surface area contributed by atoms with Gasteiger partial charge in [-0.2, -0.15) is 11.8 Å². The Bertz CT molecular complexity index is 774. The van der Waals surface area contributed by atoms with Gasteiger partial charge in [0.1, 0.15) is 6.04 Å². The van der Waals surface area contributed by atoms with Gasteiger partial charge in [-0.1, -0.05) is 42.5 Å². The fourth-order valence-electron chi connectivity index (χ4n) is 3.04. The summed E-state index contributed by atoms with van der Waals surface area (Å²) in [5.74, 6) is 0.123. The fourth-order valence-corrected chi connectivity index (χ4v) is 3.50. The van der Waals surface area contributed by atoms with Crippen LogP contribution in [-0.4, -0.2) is 47.5 Å². The Balaban J connectivity index is 2.38. The van der Waals surface area contributed by atoms with Crippen molar-refractivity contribution in [3.05, 3.63) is 48.0 Å². The number of amides is 1. The second-order valence-corrected chi connectivity index (χ2v) is 7.63. The van der Waals surface area contributed by atoms with Crippen LogP contribution in [0.15, 0.2) is 42.5 Å². The SMILES string of the molecule is CSCC[C@@H](C(=O)OC(C)C)N(Cc1cccc2ccccc12)C(=O)CN. The maximum absolute atomic E-state index is 12.7. The van der Waals surface area contributed by atoms with E-state index < -0.39 is 6.04 Å². The maximum atomic E-state index is 12.7. The number of carbonyl (C=O) groups excluding carboxylic acids is 2. The Morgan fingerprint density at radius 3 is 2.52 bits per heavy atom. The molecule has 0 spiro atoms. The third-order valence-corrected chi connectivity index (χ3v) is 4.96. The normalized spacial score (nSPS) is 12.2. The number of rotatable bonds is 9. The zero-order chi connectivity index (χ0) is 19.8. The van der Waals surface area contributed by atoms with Crippen molar-refractivity contribution >= 4 is 34.4 Å². The quantitative estimate of drug-likeness (QED) is 0.668. The summed E-state index contributed by atoms with van der Waals surface area (Å²) in [5.41, 5.74) is 6.65. The van der Waals surface area contributed by atoms with Crippen LogP contribution in [0, 0.1) is 0 Å². The molecular weight excluding hydrogens is 360 g/mol. The lowest BCUT2D eigenvalue weighted by atomic mass is 10.0. The van der Waals surface area contributed by atoms with Crippen molar-refractivity contribution in [3.63, 3.8) is 0 Å². The summed E-state index contributed by atoms with van der Waals surface area (Å²) >= 11 is 1.63. The molecule has 0 unspecified atom stereocenters. The number of esters is 1. The van der Waals surface area contributed by atoms with Crippen LogP contribution in [-0.2, 0) is 20.9 Å². The molecular formula is C21H28N2O3S. The highest BCUT2D eigenvalue weighted by atomic mass is 32.2. The fraction of sp³-hybridized carbons (Fsp3) is 0.429. The number of nitrogens with two attached hydrogens (primary N) is 1. The predicted molar refractivity (Wildman–Crippen MR) is 112 cm³/mol. The lowest BCUT2D eigenvalue weighted by molar-refractivity contribution is -0.158. The summed E-state index contributed by atoms with van der Waals surface area (Å²) in [6.07, 6.45) is 2.27. The number of hydrogen-bond acceptors (Lipinski definition) is 5. The van der Waals surface area contributed by atoms with E-state index in [1.165, 1.54) is 0 Å². The molecule has 0 radical (unpaired) electrons. The third kappa shape index (κ3) is 5.71. The van der Waals surface area contributed by atoms with E-state index in [4.69, 9.17) is 10.5 Å². The molecule has 2 N–H and O–H groups in total. The summed E-state index contributed by atoms with van der Waals surface area (Å²) in [7, 11) is 0. The van der Waals surface area contributed by atoms with Crippen molar-refractivity contribution in [1.82, 2.24) is 4.90 Å². The second-order valence-electron chi connectivity index (χ2n) is 6.65. The van der Waals surface area contributed by atoms with Crippen LogP contribution in [0.5, 0.6) is 0 Å².